The first-order valence-electron chi connectivity index (χ1n) is 6.34. The highest BCUT2D eigenvalue weighted by Gasteiger charge is 2.05. The zero-order valence-electron chi connectivity index (χ0n) is 12.8. The lowest BCUT2D eigenvalue weighted by molar-refractivity contribution is 0.0955. The van der Waals surface area contributed by atoms with Gasteiger partial charge in [0.15, 0.2) is 5.96 Å². The number of hydrogen-bond acceptors (Lipinski definition) is 2. The number of rotatable bonds is 4. The van der Waals surface area contributed by atoms with E-state index in [1.807, 2.05) is 38.0 Å². The Morgan fingerprint density at radius 1 is 1.14 bits per heavy atom. The molecule has 7 heteroatoms. The number of benzene rings is 1. The molecule has 0 spiro atoms. The number of hydrogen-bond donors (Lipinski definition) is 1. The number of nitrogens with zero attached hydrogens (tertiary/aromatic N) is 3. The molecule has 1 N–H and O–H groups in total. The van der Waals surface area contributed by atoms with Crippen molar-refractivity contribution < 1.29 is 4.79 Å². The number of carbonyl (C=O) groups excluding carboxylic acids is 1. The largest absolute Gasteiger partial charge is 0.350 e. The van der Waals surface area contributed by atoms with Crippen LogP contribution >= 0.6 is 35.6 Å². The Morgan fingerprint density at radius 2 is 1.67 bits per heavy atom. The van der Waals surface area contributed by atoms with Crippen LogP contribution in [0, 0.1) is 0 Å². The van der Waals surface area contributed by atoms with Crippen LogP contribution in [-0.4, -0.2) is 62.9 Å². The summed E-state index contributed by atoms with van der Waals surface area (Å²) < 4.78 is 0. The average Bonchev–Trinajstić information content (AvgIpc) is 2.38. The van der Waals surface area contributed by atoms with E-state index < -0.39 is 0 Å². The smallest absolute Gasteiger partial charge is 0.251 e. The van der Waals surface area contributed by atoms with E-state index in [1.54, 1.807) is 24.3 Å². The van der Waals surface area contributed by atoms with Gasteiger partial charge in [0.1, 0.15) is 0 Å². The lowest BCUT2D eigenvalue weighted by Gasteiger charge is -2.22. The topological polar surface area (TPSA) is 47.9 Å². The van der Waals surface area contributed by atoms with Gasteiger partial charge in [0.25, 0.3) is 5.91 Å². The van der Waals surface area contributed by atoms with Gasteiger partial charge in [-0.3, -0.25) is 9.79 Å². The molecule has 1 rings (SSSR count). The number of amides is 1. The van der Waals surface area contributed by atoms with Crippen molar-refractivity contribution in [2.45, 2.75) is 0 Å². The van der Waals surface area contributed by atoms with E-state index in [2.05, 4.69) is 10.3 Å². The van der Waals surface area contributed by atoms with Gasteiger partial charge in [-0.2, -0.15) is 0 Å². The first kappa shape index (κ1) is 20.0. The molecule has 0 aliphatic carbocycles. The average molecular weight is 425 g/mol. The molecule has 21 heavy (non-hydrogen) atoms. The van der Waals surface area contributed by atoms with E-state index in [-0.39, 0.29) is 29.9 Å². The Labute approximate surface area is 148 Å². The minimum atomic E-state index is -0.117. The fourth-order valence-corrected chi connectivity index (χ4v) is 1.84. The molecule has 0 aliphatic heterocycles. The van der Waals surface area contributed by atoms with Crippen LogP contribution in [-0.2, 0) is 0 Å². The summed E-state index contributed by atoms with van der Waals surface area (Å²) in [6, 6.07) is 6.80. The van der Waals surface area contributed by atoms with Crippen molar-refractivity contribution in [2.75, 3.05) is 41.3 Å². The van der Waals surface area contributed by atoms with Crippen LogP contribution in [0.3, 0.4) is 0 Å². The Morgan fingerprint density at radius 3 is 2.14 bits per heavy atom. The highest BCUT2D eigenvalue weighted by Crippen LogP contribution is 2.09. The van der Waals surface area contributed by atoms with Gasteiger partial charge in [-0.25, -0.2) is 0 Å². The molecule has 118 valence electrons. The van der Waals surface area contributed by atoms with Gasteiger partial charge < -0.3 is 15.1 Å². The second kappa shape index (κ2) is 9.83. The quantitative estimate of drug-likeness (QED) is 0.349. The lowest BCUT2D eigenvalue weighted by Crippen LogP contribution is -2.36. The summed E-state index contributed by atoms with van der Waals surface area (Å²) in [5.41, 5.74) is 0.596. The minimum absolute atomic E-state index is 0. The molecule has 0 saturated heterocycles. The summed E-state index contributed by atoms with van der Waals surface area (Å²) in [6.45, 7) is 1.03. The Hall–Kier alpha value is -1.02. The second-order valence-electron chi connectivity index (χ2n) is 4.73. The summed E-state index contributed by atoms with van der Waals surface area (Å²) in [4.78, 5) is 20.1. The third kappa shape index (κ3) is 6.99. The van der Waals surface area contributed by atoms with E-state index in [4.69, 9.17) is 11.6 Å². The molecule has 0 heterocycles. The monoisotopic (exact) mass is 424 g/mol. The molecule has 5 nitrogen and oxygen atoms in total. The van der Waals surface area contributed by atoms with Gasteiger partial charge in [-0.05, 0) is 24.3 Å². The van der Waals surface area contributed by atoms with E-state index in [9.17, 15) is 4.79 Å². The third-order valence-electron chi connectivity index (χ3n) is 2.56. The molecule has 1 amide bonds. The van der Waals surface area contributed by atoms with Crippen LogP contribution in [0.25, 0.3) is 0 Å². The SMILES string of the molecule is CN(C)C(=NCCNC(=O)c1ccc(Cl)cc1)N(C)C.I. The van der Waals surface area contributed by atoms with E-state index in [1.165, 1.54) is 0 Å². The van der Waals surface area contributed by atoms with E-state index in [0.717, 1.165) is 5.96 Å². The molecule has 1 aromatic rings. The summed E-state index contributed by atoms with van der Waals surface area (Å²) in [6.07, 6.45) is 0. The second-order valence-corrected chi connectivity index (χ2v) is 5.17. The summed E-state index contributed by atoms with van der Waals surface area (Å²) in [5, 5.41) is 3.44. The van der Waals surface area contributed by atoms with Crippen molar-refractivity contribution in [2.24, 2.45) is 4.99 Å². The number of carbonyl (C=O) groups is 1. The van der Waals surface area contributed by atoms with Crippen molar-refractivity contribution >= 4 is 47.4 Å². The fourth-order valence-electron chi connectivity index (χ4n) is 1.71. The number of guanidine groups is 1. The Balaban J connectivity index is 0.00000400. The Kier molecular flexibility index (Phi) is 9.36. The molecule has 0 fully saturated rings. The maximum absolute atomic E-state index is 11.8. The zero-order valence-corrected chi connectivity index (χ0v) is 15.8. The summed E-state index contributed by atoms with van der Waals surface area (Å²) >= 11 is 5.78. The molecular formula is C14H22ClIN4O. The first-order valence-corrected chi connectivity index (χ1v) is 6.72. The standard InChI is InChI=1S/C14H21ClN4O.HI/c1-18(2)14(19(3)4)17-10-9-16-13(20)11-5-7-12(15)8-6-11;/h5-8H,9-10H2,1-4H3,(H,16,20);1H. The van der Waals surface area contributed by atoms with Crippen LogP contribution in [0.15, 0.2) is 29.3 Å². The molecule has 0 aliphatic rings. The van der Waals surface area contributed by atoms with E-state index >= 15 is 0 Å². The lowest BCUT2D eigenvalue weighted by atomic mass is 10.2. The number of aliphatic imine (C=N–C) groups is 1. The van der Waals surface area contributed by atoms with Crippen molar-refractivity contribution in [1.29, 1.82) is 0 Å². The van der Waals surface area contributed by atoms with Crippen molar-refractivity contribution in [1.82, 2.24) is 15.1 Å². The normalized spacial score (nSPS) is 9.38. The highest BCUT2D eigenvalue weighted by molar-refractivity contribution is 14.0. The highest BCUT2D eigenvalue weighted by atomic mass is 127. The van der Waals surface area contributed by atoms with Gasteiger partial charge in [0.2, 0.25) is 0 Å². The molecule has 0 unspecified atom stereocenters. The maximum atomic E-state index is 11.8. The van der Waals surface area contributed by atoms with E-state index in [0.29, 0.717) is 23.7 Å². The molecule has 1 aromatic carbocycles. The van der Waals surface area contributed by atoms with Gasteiger partial charge in [0, 0.05) is 45.3 Å². The predicted octanol–water partition coefficient (Wildman–Crippen LogP) is 2.17. The molecule has 0 radical (unpaired) electrons. The first-order chi connectivity index (χ1) is 9.41. The van der Waals surface area contributed by atoms with Crippen molar-refractivity contribution in [3.8, 4) is 0 Å². The summed E-state index contributed by atoms with van der Waals surface area (Å²) in [7, 11) is 7.74. The van der Waals surface area contributed by atoms with Crippen molar-refractivity contribution in [3.05, 3.63) is 34.9 Å². The van der Waals surface area contributed by atoms with Crippen LogP contribution in [0.4, 0.5) is 0 Å². The molecular weight excluding hydrogens is 403 g/mol. The van der Waals surface area contributed by atoms with Crippen LogP contribution in [0.5, 0.6) is 0 Å². The predicted molar refractivity (Wildman–Crippen MR) is 98.9 cm³/mol. The van der Waals surface area contributed by atoms with Gasteiger partial charge in [0.05, 0.1) is 6.54 Å². The minimum Gasteiger partial charge on any atom is -0.350 e. The van der Waals surface area contributed by atoms with Gasteiger partial charge in [-0.1, -0.05) is 11.6 Å². The molecule has 0 saturated carbocycles. The zero-order chi connectivity index (χ0) is 15.1. The van der Waals surface area contributed by atoms with Gasteiger partial charge in [-0.15, -0.1) is 24.0 Å². The van der Waals surface area contributed by atoms with Crippen LogP contribution in [0.2, 0.25) is 5.02 Å². The maximum Gasteiger partial charge on any atom is 0.251 e. The summed E-state index contributed by atoms with van der Waals surface area (Å²) in [5.74, 6) is 0.749. The molecule has 0 atom stereocenters. The number of halogens is 2. The Bertz CT molecular complexity index is 464. The van der Waals surface area contributed by atoms with Crippen LogP contribution in [0.1, 0.15) is 10.4 Å². The fraction of sp³-hybridized carbons (Fsp3) is 0.429. The number of nitrogens with one attached hydrogen (secondary N) is 1. The van der Waals surface area contributed by atoms with Gasteiger partial charge >= 0.3 is 0 Å². The third-order valence-corrected chi connectivity index (χ3v) is 2.81. The van der Waals surface area contributed by atoms with Crippen LogP contribution < -0.4 is 5.32 Å². The molecule has 0 aromatic heterocycles. The molecule has 0 bridgehead atoms. The van der Waals surface area contributed by atoms with Crippen molar-refractivity contribution in [3.63, 3.8) is 0 Å².